The molecule has 0 unspecified atom stereocenters. The lowest BCUT2D eigenvalue weighted by Gasteiger charge is -2.27. The molecule has 1 aromatic carbocycles. The molecule has 4 N–H and O–H groups in total. The number of hydrogen-bond donors (Lipinski definition) is 2. The minimum atomic E-state index is -0.812. The fourth-order valence-electron chi connectivity index (χ4n) is 3.78. The first-order valence-corrected chi connectivity index (χ1v) is 9.33. The number of carbonyl (C=O) groups is 2. The predicted molar refractivity (Wildman–Crippen MR) is 106 cm³/mol. The molecular formula is C21H25N3O4. The first-order chi connectivity index (χ1) is 13.3. The molecule has 1 aromatic heterocycles. The van der Waals surface area contributed by atoms with Crippen LogP contribution >= 0.6 is 0 Å². The van der Waals surface area contributed by atoms with Gasteiger partial charge in [0.05, 0.1) is 5.56 Å². The molecule has 148 valence electrons. The summed E-state index contributed by atoms with van der Waals surface area (Å²) in [5.74, 6) is -1.27. The highest BCUT2D eigenvalue weighted by Crippen LogP contribution is 2.26. The second-order valence-electron chi connectivity index (χ2n) is 7.27. The number of hydrogen-bond acceptors (Lipinski definition) is 4. The van der Waals surface area contributed by atoms with Gasteiger partial charge in [-0.1, -0.05) is 29.8 Å². The molecule has 7 nitrogen and oxygen atoms in total. The van der Waals surface area contributed by atoms with E-state index in [1.807, 2.05) is 19.1 Å². The Balaban J connectivity index is 2.30. The zero-order valence-corrected chi connectivity index (χ0v) is 16.2. The highest BCUT2D eigenvalue weighted by atomic mass is 16.5. The first kappa shape index (κ1) is 19.8. The van der Waals surface area contributed by atoms with E-state index in [1.54, 1.807) is 23.6 Å². The molecule has 1 aliphatic rings. The van der Waals surface area contributed by atoms with E-state index in [2.05, 4.69) is 0 Å². The maximum absolute atomic E-state index is 13.1. The van der Waals surface area contributed by atoms with E-state index in [1.165, 1.54) is 0 Å². The molecular weight excluding hydrogens is 358 g/mol. The van der Waals surface area contributed by atoms with Gasteiger partial charge in [0.1, 0.15) is 11.3 Å². The van der Waals surface area contributed by atoms with Crippen molar-refractivity contribution < 1.29 is 14.3 Å². The van der Waals surface area contributed by atoms with Crippen LogP contribution in [0.15, 0.2) is 29.1 Å². The van der Waals surface area contributed by atoms with Gasteiger partial charge in [0.15, 0.2) is 0 Å². The molecule has 2 heterocycles. The smallest absolute Gasteiger partial charge is 0.266 e. The fourth-order valence-corrected chi connectivity index (χ4v) is 3.78. The quantitative estimate of drug-likeness (QED) is 0.818. The zero-order valence-electron chi connectivity index (χ0n) is 16.2. The third-order valence-electron chi connectivity index (χ3n) is 5.33. The molecule has 0 spiro atoms. The summed E-state index contributed by atoms with van der Waals surface area (Å²) in [6.07, 6.45) is 1.66. The van der Waals surface area contributed by atoms with Crippen LogP contribution in [-0.2, 0) is 11.3 Å². The highest BCUT2D eigenvalue weighted by Gasteiger charge is 2.27. The summed E-state index contributed by atoms with van der Waals surface area (Å²) in [6, 6.07) is 7.17. The molecule has 7 heteroatoms. The van der Waals surface area contributed by atoms with Gasteiger partial charge in [-0.25, -0.2) is 0 Å². The predicted octanol–water partition coefficient (Wildman–Crippen LogP) is 1.76. The lowest BCUT2D eigenvalue weighted by molar-refractivity contribution is 0.0606. The number of amides is 2. The van der Waals surface area contributed by atoms with Crippen molar-refractivity contribution in [2.24, 2.45) is 17.4 Å². The lowest BCUT2D eigenvalue weighted by Crippen LogP contribution is -2.35. The van der Waals surface area contributed by atoms with E-state index >= 15 is 0 Å². The van der Waals surface area contributed by atoms with Gasteiger partial charge in [0.25, 0.3) is 11.8 Å². The SMILES string of the molecule is Cc1ccc(-c2c(C(N)=O)n(CC3CCOCC3)c(C)c(C(N)=O)c2=O)cc1. The van der Waals surface area contributed by atoms with Gasteiger partial charge in [-0.3, -0.25) is 14.4 Å². The number of aryl methyl sites for hydroxylation is 1. The number of ether oxygens (including phenoxy) is 1. The molecule has 0 bridgehead atoms. The Morgan fingerprint density at radius 1 is 1.07 bits per heavy atom. The minimum absolute atomic E-state index is 0.104. The standard InChI is InChI=1S/C21H25N3O4/c1-12-3-5-15(6-4-12)17-18(21(23)27)24(11-14-7-9-28-10-8-14)13(2)16(19(17)25)20(22)26/h3-6,14H,7-11H2,1-2H3,(H2,22,26)(H2,23,27). The summed E-state index contributed by atoms with van der Waals surface area (Å²) in [6.45, 7) is 5.30. The molecule has 0 radical (unpaired) electrons. The largest absolute Gasteiger partial charge is 0.381 e. The molecule has 1 aliphatic heterocycles. The molecule has 1 saturated heterocycles. The number of nitrogens with zero attached hydrogens (tertiary/aromatic N) is 1. The number of carbonyl (C=O) groups excluding carboxylic acids is 2. The van der Waals surface area contributed by atoms with Crippen molar-refractivity contribution in [1.82, 2.24) is 4.57 Å². The van der Waals surface area contributed by atoms with Crippen molar-refractivity contribution in [2.75, 3.05) is 13.2 Å². The van der Waals surface area contributed by atoms with Crippen LogP contribution in [0.3, 0.4) is 0 Å². The van der Waals surface area contributed by atoms with Crippen molar-refractivity contribution in [2.45, 2.75) is 33.2 Å². The number of rotatable bonds is 5. The first-order valence-electron chi connectivity index (χ1n) is 9.33. The fraction of sp³-hybridized carbons (Fsp3) is 0.381. The van der Waals surface area contributed by atoms with Gasteiger partial charge in [-0.05, 0) is 38.2 Å². The summed E-state index contributed by atoms with van der Waals surface area (Å²) >= 11 is 0. The van der Waals surface area contributed by atoms with E-state index in [0.29, 0.717) is 31.0 Å². The summed E-state index contributed by atoms with van der Waals surface area (Å²) < 4.78 is 7.10. The molecule has 2 amide bonds. The molecule has 0 saturated carbocycles. The van der Waals surface area contributed by atoms with Crippen LogP contribution in [0, 0.1) is 19.8 Å². The number of primary amides is 2. The van der Waals surface area contributed by atoms with E-state index in [9.17, 15) is 14.4 Å². The van der Waals surface area contributed by atoms with Gasteiger partial charge < -0.3 is 20.8 Å². The number of aromatic nitrogens is 1. The van der Waals surface area contributed by atoms with Crippen LogP contribution in [0.5, 0.6) is 0 Å². The highest BCUT2D eigenvalue weighted by molar-refractivity contribution is 6.02. The second-order valence-corrected chi connectivity index (χ2v) is 7.27. The lowest BCUT2D eigenvalue weighted by atomic mass is 9.95. The van der Waals surface area contributed by atoms with Crippen LogP contribution in [-0.4, -0.2) is 29.6 Å². The van der Waals surface area contributed by atoms with E-state index in [0.717, 1.165) is 18.4 Å². The van der Waals surface area contributed by atoms with Gasteiger partial charge in [0.2, 0.25) is 5.43 Å². The van der Waals surface area contributed by atoms with Crippen LogP contribution in [0.25, 0.3) is 11.1 Å². The molecule has 3 rings (SSSR count). The summed E-state index contributed by atoms with van der Waals surface area (Å²) in [5, 5.41) is 0. The van der Waals surface area contributed by atoms with Gasteiger partial charge in [0, 0.05) is 25.5 Å². The number of nitrogens with two attached hydrogens (primary N) is 2. The average molecular weight is 383 g/mol. The van der Waals surface area contributed by atoms with Crippen molar-refractivity contribution >= 4 is 11.8 Å². The van der Waals surface area contributed by atoms with Crippen molar-refractivity contribution in [3.63, 3.8) is 0 Å². The van der Waals surface area contributed by atoms with Crippen LogP contribution in [0.1, 0.15) is 44.9 Å². The van der Waals surface area contributed by atoms with E-state index in [-0.39, 0.29) is 22.7 Å². The van der Waals surface area contributed by atoms with Crippen molar-refractivity contribution in [3.05, 3.63) is 57.0 Å². The van der Waals surface area contributed by atoms with Crippen LogP contribution in [0.2, 0.25) is 0 Å². The van der Waals surface area contributed by atoms with Crippen LogP contribution in [0.4, 0.5) is 0 Å². The Hall–Kier alpha value is -2.93. The normalized spacial score (nSPS) is 14.8. The summed E-state index contributed by atoms with van der Waals surface area (Å²) in [5.41, 5.74) is 12.7. The Labute approximate surface area is 163 Å². The molecule has 28 heavy (non-hydrogen) atoms. The molecule has 1 fully saturated rings. The Morgan fingerprint density at radius 3 is 2.21 bits per heavy atom. The monoisotopic (exact) mass is 383 g/mol. The summed E-state index contributed by atoms with van der Waals surface area (Å²) in [4.78, 5) is 37.7. The topological polar surface area (TPSA) is 117 Å². The van der Waals surface area contributed by atoms with Gasteiger partial charge >= 0.3 is 0 Å². The van der Waals surface area contributed by atoms with Gasteiger partial charge in [-0.15, -0.1) is 0 Å². The molecule has 0 aliphatic carbocycles. The van der Waals surface area contributed by atoms with Crippen molar-refractivity contribution in [1.29, 1.82) is 0 Å². The van der Waals surface area contributed by atoms with E-state index in [4.69, 9.17) is 16.2 Å². The van der Waals surface area contributed by atoms with Gasteiger partial charge in [-0.2, -0.15) is 0 Å². The number of benzene rings is 1. The average Bonchev–Trinajstić information content (AvgIpc) is 2.65. The Morgan fingerprint density at radius 2 is 1.68 bits per heavy atom. The number of pyridine rings is 1. The van der Waals surface area contributed by atoms with E-state index < -0.39 is 17.2 Å². The third kappa shape index (κ3) is 3.71. The molecule has 0 atom stereocenters. The second kappa shape index (κ2) is 7.98. The Bertz CT molecular complexity index is 971. The third-order valence-corrected chi connectivity index (χ3v) is 5.33. The van der Waals surface area contributed by atoms with Crippen LogP contribution < -0.4 is 16.9 Å². The maximum Gasteiger partial charge on any atom is 0.266 e. The Kier molecular flexibility index (Phi) is 5.65. The molecule has 2 aromatic rings. The van der Waals surface area contributed by atoms with Crippen molar-refractivity contribution in [3.8, 4) is 11.1 Å². The minimum Gasteiger partial charge on any atom is -0.381 e. The maximum atomic E-state index is 13.1. The zero-order chi connectivity index (χ0) is 20.4. The summed E-state index contributed by atoms with van der Waals surface area (Å²) in [7, 11) is 0.